The van der Waals surface area contributed by atoms with Crippen molar-refractivity contribution < 1.29 is 14.3 Å². The van der Waals surface area contributed by atoms with Gasteiger partial charge in [-0.15, -0.1) is 0 Å². The molecule has 25 heavy (non-hydrogen) atoms. The average molecular weight is 344 g/mol. The van der Waals surface area contributed by atoms with E-state index in [-0.39, 0.29) is 22.9 Å². The number of hydrogen-bond acceptors (Lipinski definition) is 3. The molecule has 3 fully saturated rings. The Labute approximate surface area is 151 Å². The van der Waals surface area contributed by atoms with Crippen molar-refractivity contribution in [3.63, 3.8) is 0 Å². The standard InChI is InChI=1S/C22H32O3/c1-13-11-15-12-16(24)7-9-21(15,3)18-8-10-22(4)17(20(13)18)5-6-19(22)25-14(2)23/h12-13,17-20H,5-11H2,1-4H3/t13?,17?,18?,19-,20?,21-,22-/m0/s1. The largest absolute Gasteiger partial charge is 0.462 e. The quantitative estimate of drug-likeness (QED) is 0.648. The minimum absolute atomic E-state index is 0.0980. The van der Waals surface area contributed by atoms with Crippen LogP contribution in [0.5, 0.6) is 0 Å². The van der Waals surface area contributed by atoms with Crippen LogP contribution in [0.1, 0.15) is 72.6 Å². The van der Waals surface area contributed by atoms with Gasteiger partial charge in [-0.05, 0) is 73.7 Å². The molecule has 3 saturated carbocycles. The molecule has 0 aliphatic heterocycles. The summed E-state index contributed by atoms with van der Waals surface area (Å²) < 4.78 is 5.75. The summed E-state index contributed by atoms with van der Waals surface area (Å²) >= 11 is 0. The Hall–Kier alpha value is -1.12. The van der Waals surface area contributed by atoms with Gasteiger partial charge in [0.05, 0.1) is 0 Å². The van der Waals surface area contributed by atoms with Gasteiger partial charge in [0.2, 0.25) is 0 Å². The number of carbonyl (C=O) groups excluding carboxylic acids is 2. The molecule has 4 aliphatic rings. The molecule has 3 nitrogen and oxygen atoms in total. The van der Waals surface area contributed by atoms with Crippen molar-refractivity contribution in [1.82, 2.24) is 0 Å². The third kappa shape index (κ3) is 2.44. The molecule has 0 aromatic heterocycles. The smallest absolute Gasteiger partial charge is 0.302 e. The van der Waals surface area contributed by atoms with Crippen molar-refractivity contribution in [3.05, 3.63) is 11.6 Å². The lowest BCUT2D eigenvalue weighted by atomic mass is 9.45. The van der Waals surface area contributed by atoms with Gasteiger partial charge in [-0.25, -0.2) is 0 Å². The molecule has 7 atom stereocenters. The second-order valence-electron chi connectivity index (χ2n) is 9.75. The molecular weight excluding hydrogens is 312 g/mol. The molecule has 138 valence electrons. The van der Waals surface area contributed by atoms with Crippen LogP contribution >= 0.6 is 0 Å². The van der Waals surface area contributed by atoms with E-state index in [0.717, 1.165) is 32.1 Å². The van der Waals surface area contributed by atoms with Gasteiger partial charge >= 0.3 is 5.97 Å². The molecule has 0 N–H and O–H groups in total. The van der Waals surface area contributed by atoms with Crippen LogP contribution in [0, 0.1) is 34.5 Å². The summed E-state index contributed by atoms with van der Waals surface area (Å²) in [5.41, 5.74) is 1.78. The van der Waals surface area contributed by atoms with Gasteiger partial charge in [0.25, 0.3) is 0 Å². The number of rotatable bonds is 1. The highest BCUT2D eigenvalue weighted by molar-refractivity contribution is 5.91. The molecule has 0 bridgehead atoms. The Morgan fingerprint density at radius 1 is 1.16 bits per heavy atom. The number of hydrogen-bond donors (Lipinski definition) is 0. The van der Waals surface area contributed by atoms with Crippen LogP contribution in [0.2, 0.25) is 0 Å². The molecule has 0 aromatic rings. The van der Waals surface area contributed by atoms with Crippen LogP contribution in [0.3, 0.4) is 0 Å². The lowest BCUT2D eigenvalue weighted by Crippen LogP contribution is -2.54. The van der Waals surface area contributed by atoms with Crippen LogP contribution in [0.4, 0.5) is 0 Å². The zero-order valence-electron chi connectivity index (χ0n) is 16.1. The molecule has 0 aromatic carbocycles. The highest BCUT2D eigenvalue weighted by atomic mass is 16.5. The van der Waals surface area contributed by atoms with E-state index >= 15 is 0 Å². The second kappa shape index (κ2) is 5.69. The van der Waals surface area contributed by atoms with E-state index in [1.807, 2.05) is 6.08 Å². The Morgan fingerprint density at radius 3 is 2.64 bits per heavy atom. The van der Waals surface area contributed by atoms with Crippen LogP contribution in [-0.4, -0.2) is 17.9 Å². The summed E-state index contributed by atoms with van der Waals surface area (Å²) in [4.78, 5) is 23.6. The Morgan fingerprint density at radius 2 is 1.92 bits per heavy atom. The van der Waals surface area contributed by atoms with Crippen molar-refractivity contribution in [3.8, 4) is 0 Å². The highest BCUT2D eigenvalue weighted by Gasteiger charge is 2.61. The highest BCUT2D eigenvalue weighted by Crippen LogP contribution is 2.66. The molecule has 3 heteroatoms. The van der Waals surface area contributed by atoms with Gasteiger partial charge in [0, 0.05) is 18.8 Å². The number of ether oxygens (including phenoxy) is 1. The normalized spacial score (nSPS) is 48.9. The summed E-state index contributed by atoms with van der Waals surface area (Å²) in [7, 11) is 0. The average Bonchev–Trinajstić information content (AvgIpc) is 2.85. The van der Waals surface area contributed by atoms with Crippen LogP contribution in [-0.2, 0) is 14.3 Å². The van der Waals surface area contributed by atoms with E-state index in [2.05, 4.69) is 20.8 Å². The van der Waals surface area contributed by atoms with Crippen molar-refractivity contribution in [2.45, 2.75) is 78.7 Å². The summed E-state index contributed by atoms with van der Waals surface area (Å²) in [5, 5.41) is 0. The zero-order valence-corrected chi connectivity index (χ0v) is 16.1. The maximum absolute atomic E-state index is 12.0. The Kier molecular flexibility index (Phi) is 3.94. The van der Waals surface area contributed by atoms with Crippen LogP contribution in [0.25, 0.3) is 0 Å². The van der Waals surface area contributed by atoms with E-state index in [1.54, 1.807) is 6.92 Å². The maximum atomic E-state index is 12.0. The first-order valence-corrected chi connectivity index (χ1v) is 10.2. The lowest BCUT2D eigenvalue weighted by molar-refractivity contribution is -0.158. The third-order valence-electron chi connectivity index (χ3n) is 8.53. The minimum atomic E-state index is -0.131. The first kappa shape index (κ1) is 17.3. The van der Waals surface area contributed by atoms with E-state index in [1.165, 1.54) is 18.4 Å². The second-order valence-corrected chi connectivity index (χ2v) is 9.75. The van der Waals surface area contributed by atoms with E-state index in [4.69, 9.17) is 4.74 Å². The molecular formula is C22H32O3. The van der Waals surface area contributed by atoms with Crippen LogP contribution in [0.15, 0.2) is 11.6 Å². The van der Waals surface area contributed by atoms with Crippen molar-refractivity contribution in [1.29, 1.82) is 0 Å². The number of esters is 1. The molecule has 0 radical (unpaired) electrons. The predicted octanol–water partition coefficient (Wildman–Crippen LogP) is 4.70. The first-order chi connectivity index (χ1) is 11.8. The SMILES string of the molecule is CC(=O)O[C@H]1CCC2C3C(C)CC4=CC(=O)CC[C@]4(C)C3CC[C@@]21C. The number of ketones is 1. The van der Waals surface area contributed by atoms with E-state index < -0.39 is 0 Å². The Bertz CT molecular complexity index is 635. The van der Waals surface area contributed by atoms with Gasteiger partial charge in [-0.2, -0.15) is 0 Å². The lowest BCUT2D eigenvalue weighted by Gasteiger charge is -2.59. The number of fused-ring (bicyclic) bond motifs is 5. The number of carbonyl (C=O) groups is 2. The number of allylic oxidation sites excluding steroid dienone is 1. The van der Waals surface area contributed by atoms with Crippen molar-refractivity contribution in [2.75, 3.05) is 0 Å². The minimum Gasteiger partial charge on any atom is -0.462 e. The molecule has 0 heterocycles. The fraction of sp³-hybridized carbons (Fsp3) is 0.818. The molecule has 4 rings (SSSR count). The molecule has 4 unspecified atom stereocenters. The van der Waals surface area contributed by atoms with Gasteiger partial charge in [0.1, 0.15) is 6.10 Å². The Balaban J connectivity index is 1.67. The molecule has 0 saturated heterocycles. The third-order valence-corrected chi connectivity index (χ3v) is 8.53. The first-order valence-electron chi connectivity index (χ1n) is 10.2. The fourth-order valence-corrected chi connectivity index (χ4v) is 7.25. The summed E-state index contributed by atoms with van der Waals surface area (Å²) in [6.07, 6.45) is 9.48. The predicted molar refractivity (Wildman–Crippen MR) is 96.8 cm³/mol. The van der Waals surface area contributed by atoms with Gasteiger partial charge < -0.3 is 4.74 Å². The topological polar surface area (TPSA) is 43.4 Å². The van der Waals surface area contributed by atoms with Crippen molar-refractivity contribution >= 4 is 11.8 Å². The van der Waals surface area contributed by atoms with Gasteiger partial charge in [0.15, 0.2) is 5.78 Å². The summed E-state index contributed by atoms with van der Waals surface area (Å²) in [6, 6.07) is 0. The summed E-state index contributed by atoms with van der Waals surface area (Å²) in [5.74, 6) is 2.86. The van der Waals surface area contributed by atoms with Crippen molar-refractivity contribution in [2.24, 2.45) is 34.5 Å². The molecule has 4 aliphatic carbocycles. The molecule has 0 amide bonds. The van der Waals surface area contributed by atoms with Gasteiger partial charge in [-0.1, -0.05) is 26.3 Å². The fourth-order valence-electron chi connectivity index (χ4n) is 7.25. The van der Waals surface area contributed by atoms with E-state index in [9.17, 15) is 9.59 Å². The maximum Gasteiger partial charge on any atom is 0.302 e. The van der Waals surface area contributed by atoms with E-state index in [0.29, 0.717) is 29.5 Å². The molecule has 0 spiro atoms. The summed E-state index contributed by atoms with van der Waals surface area (Å²) in [6.45, 7) is 8.74. The monoisotopic (exact) mass is 344 g/mol. The zero-order chi connectivity index (χ0) is 18.0. The van der Waals surface area contributed by atoms with Crippen LogP contribution < -0.4 is 0 Å². The van der Waals surface area contributed by atoms with Gasteiger partial charge in [-0.3, -0.25) is 9.59 Å².